The highest BCUT2D eigenvalue weighted by Gasteiger charge is 2.21. The number of hydrogen-bond donors (Lipinski definition) is 1. The average molecular weight is 345 g/mol. The Balaban J connectivity index is 3.38. The lowest BCUT2D eigenvalue weighted by Gasteiger charge is -2.07. The van der Waals surface area contributed by atoms with Gasteiger partial charge in [-0.15, -0.1) is 0 Å². The van der Waals surface area contributed by atoms with Crippen LogP contribution in [-0.2, 0) is 5.33 Å². The molecule has 3 nitrogen and oxygen atoms in total. The van der Waals surface area contributed by atoms with Crippen molar-refractivity contribution in [3.05, 3.63) is 27.5 Å². The topological polar surface area (TPSA) is 50.2 Å². The largest absolute Gasteiger partial charge is 0.478 e. The zero-order valence-corrected chi connectivity index (χ0v) is 10.3. The lowest BCUT2D eigenvalue weighted by Crippen LogP contribution is -2.07. The maximum atomic E-state index is 12.5. The third-order valence-electron chi connectivity index (χ3n) is 1.64. The molecule has 0 bridgehead atoms. The van der Waals surface area contributed by atoms with Crippen molar-refractivity contribution in [2.24, 2.45) is 0 Å². The van der Waals surface area contributed by atoms with Gasteiger partial charge in [0.25, 0.3) is 6.43 Å². The number of carboxylic acids is 1. The smallest absolute Gasteiger partial charge is 0.337 e. The van der Waals surface area contributed by atoms with E-state index in [0.29, 0.717) is 10.2 Å². The van der Waals surface area contributed by atoms with E-state index < -0.39 is 23.7 Å². The van der Waals surface area contributed by atoms with Crippen molar-refractivity contribution in [3.8, 4) is 0 Å². The number of hydrogen-bond acceptors (Lipinski definition) is 2. The van der Waals surface area contributed by atoms with E-state index in [1.807, 2.05) is 0 Å². The summed E-state index contributed by atoms with van der Waals surface area (Å²) in [6.07, 6.45) is -2.90. The maximum Gasteiger partial charge on any atom is 0.337 e. The molecule has 0 atom stereocenters. The van der Waals surface area contributed by atoms with Gasteiger partial charge in [-0.25, -0.2) is 18.6 Å². The van der Waals surface area contributed by atoms with E-state index in [9.17, 15) is 13.6 Å². The number of carbonyl (C=O) groups is 1. The predicted octanol–water partition coefficient (Wildman–Crippen LogP) is 3.37. The van der Waals surface area contributed by atoms with Crippen LogP contribution in [0.25, 0.3) is 0 Å². The van der Waals surface area contributed by atoms with Gasteiger partial charge in [-0.05, 0) is 22.0 Å². The molecule has 1 aromatic heterocycles. The molecule has 0 aliphatic heterocycles. The summed E-state index contributed by atoms with van der Waals surface area (Å²) < 4.78 is 25.3. The summed E-state index contributed by atoms with van der Waals surface area (Å²) in [5, 5.41) is 8.97. The zero-order valence-electron chi connectivity index (χ0n) is 7.18. The normalized spacial score (nSPS) is 10.7. The lowest BCUT2D eigenvalue weighted by molar-refractivity contribution is 0.0682. The molecule has 7 heteroatoms. The van der Waals surface area contributed by atoms with Crippen molar-refractivity contribution in [2.45, 2.75) is 11.8 Å². The molecule has 0 aliphatic carbocycles. The van der Waals surface area contributed by atoms with Gasteiger partial charge >= 0.3 is 5.97 Å². The minimum absolute atomic E-state index is 0.271. The number of carboxylic acid groups (broad SMARTS) is 1. The van der Waals surface area contributed by atoms with Crippen molar-refractivity contribution in [1.82, 2.24) is 4.98 Å². The standard InChI is InChI=1S/C8H5Br2F2NO2/c9-2-5-4(10)1-3(8(14)15)6(13-5)7(11)12/h1,7H,2H2,(H,14,15). The molecule has 15 heavy (non-hydrogen) atoms. The molecule has 0 fully saturated rings. The Morgan fingerprint density at radius 2 is 2.20 bits per heavy atom. The minimum atomic E-state index is -2.90. The number of aromatic nitrogens is 1. The van der Waals surface area contributed by atoms with Gasteiger partial charge in [-0.1, -0.05) is 15.9 Å². The fraction of sp³-hybridized carbons (Fsp3) is 0.250. The molecule has 0 amide bonds. The highest BCUT2D eigenvalue weighted by molar-refractivity contribution is 9.10. The highest BCUT2D eigenvalue weighted by Crippen LogP contribution is 2.27. The van der Waals surface area contributed by atoms with Gasteiger partial charge in [-0.3, -0.25) is 0 Å². The summed E-state index contributed by atoms with van der Waals surface area (Å²) in [6, 6.07) is 1.13. The Hall–Kier alpha value is -0.560. The summed E-state index contributed by atoms with van der Waals surface area (Å²) in [4.78, 5) is 14.3. The third kappa shape index (κ3) is 2.72. The van der Waals surface area contributed by atoms with Crippen molar-refractivity contribution in [2.75, 3.05) is 0 Å². The molecule has 0 radical (unpaired) electrons. The van der Waals surface area contributed by atoms with Crippen LogP contribution in [0.2, 0.25) is 0 Å². The van der Waals surface area contributed by atoms with Crippen LogP contribution in [0.5, 0.6) is 0 Å². The van der Waals surface area contributed by atoms with Crippen molar-refractivity contribution in [1.29, 1.82) is 0 Å². The number of rotatable bonds is 3. The molecule has 1 heterocycles. The van der Waals surface area contributed by atoms with Crippen LogP contribution < -0.4 is 0 Å². The highest BCUT2D eigenvalue weighted by atomic mass is 79.9. The van der Waals surface area contributed by atoms with Gasteiger partial charge in [0, 0.05) is 9.80 Å². The van der Waals surface area contributed by atoms with Gasteiger partial charge in [0.05, 0.1) is 11.3 Å². The molecule has 0 saturated heterocycles. The number of pyridine rings is 1. The Bertz CT molecular complexity index is 398. The van der Waals surface area contributed by atoms with Crippen LogP contribution in [0.15, 0.2) is 10.5 Å². The van der Waals surface area contributed by atoms with Gasteiger partial charge in [0.2, 0.25) is 0 Å². The monoisotopic (exact) mass is 343 g/mol. The van der Waals surface area contributed by atoms with Crippen molar-refractivity contribution >= 4 is 37.8 Å². The molecule has 82 valence electrons. The second kappa shape index (κ2) is 4.98. The first-order valence-corrected chi connectivity index (χ1v) is 5.65. The van der Waals surface area contributed by atoms with Crippen molar-refractivity contribution in [3.63, 3.8) is 0 Å². The zero-order chi connectivity index (χ0) is 11.6. The SMILES string of the molecule is O=C(O)c1cc(Br)c(CBr)nc1C(F)F. The Morgan fingerprint density at radius 1 is 1.60 bits per heavy atom. The van der Waals surface area contributed by atoms with Gasteiger partial charge < -0.3 is 5.11 Å². The van der Waals surface area contributed by atoms with Gasteiger partial charge in [-0.2, -0.15) is 0 Å². The molecular weight excluding hydrogens is 340 g/mol. The summed E-state index contributed by atoms with van der Waals surface area (Å²) in [7, 11) is 0. The number of alkyl halides is 3. The van der Waals surface area contributed by atoms with Gasteiger partial charge in [0.1, 0.15) is 5.69 Å². The molecule has 1 aromatic rings. The van der Waals surface area contributed by atoms with Crippen LogP contribution in [0.3, 0.4) is 0 Å². The quantitative estimate of drug-likeness (QED) is 0.855. The van der Waals surface area contributed by atoms with Crippen molar-refractivity contribution < 1.29 is 18.7 Å². The molecule has 0 aliphatic rings. The molecule has 0 unspecified atom stereocenters. The second-order valence-corrected chi connectivity index (χ2v) is 4.00. The molecular formula is C8H5Br2F2NO2. The Kier molecular flexibility index (Phi) is 4.15. The summed E-state index contributed by atoms with van der Waals surface area (Å²) >= 11 is 6.13. The van der Waals surface area contributed by atoms with E-state index in [-0.39, 0.29) is 5.33 Å². The Labute approximate surface area is 101 Å². The summed E-state index contributed by atoms with van der Waals surface area (Å²) in [6.45, 7) is 0. The number of nitrogens with zero attached hydrogens (tertiary/aromatic N) is 1. The molecule has 1 rings (SSSR count). The van der Waals surface area contributed by atoms with Crippen LogP contribution in [0.4, 0.5) is 8.78 Å². The average Bonchev–Trinajstić information content (AvgIpc) is 2.16. The van der Waals surface area contributed by atoms with Gasteiger partial charge in [0.15, 0.2) is 0 Å². The molecule has 0 spiro atoms. The molecule has 0 saturated carbocycles. The first kappa shape index (κ1) is 12.5. The molecule has 1 N–H and O–H groups in total. The van der Waals surface area contributed by atoms with Crippen LogP contribution in [0, 0.1) is 0 Å². The fourth-order valence-corrected chi connectivity index (χ4v) is 2.24. The summed E-state index contributed by atoms with van der Waals surface area (Å²) in [5.41, 5.74) is -0.850. The second-order valence-electron chi connectivity index (χ2n) is 2.59. The van der Waals surface area contributed by atoms with E-state index in [4.69, 9.17) is 5.11 Å². The maximum absolute atomic E-state index is 12.5. The fourth-order valence-electron chi connectivity index (χ4n) is 0.974. The van der Waals surface area contributed by atoms with Crippen LogP contribution in [0.1, 0.15) is 28.2 Å². The molecule has 0 aromatic carbocycles. The first-order valence-electron chi connectivity index (χ1n) is 3.74. The third-order valence-corrected chi connectivity index (χ3v) is 2.86. The van der Waals surface area contributed by atoms with E-state index in [2.05, 4.69) is 36.8 Å². The van der Waals surface area contributed by atoms with E-state index >= 15 is 0 Å². The Morgan fingerprint density at radius 3 is 2.60 bits per heavy atom. The minimum Gasteiger partial charge on any atom is -0.478 e. The number of aromatic carboxylic acids is 1. The van der Waals surface area contributed by atoms with Crippen LogP contribution in [-0.4, -0.2) is 16.1 Å². The number of halogens is 4. The van der Waals surface area contributed by atoms with Crippen LogP contribution >= 0.6 is 31.9 Å². The summed E-state index contributed by atoms with van der Waals surface area (Å²) in [5.74, 6) is -1.42. The predicted molar refractivity (Wildman–Crippen MR) is 56.5 cm³/mol. The first-order chi connectivity index (χ1) is 6.97. The van der Waals surface area contributed by atoms with E-state index in [1.54, 1.807) is 0 Å². The lowest BCUT2D eigenvalue weighted by atomic mass is 10.2. The van der Waals surface area contributed by atoms with E-state index in [1.165, 1.54) is 0 Å². The van der Waals surface area contributed by atoms with E-state index in [0.717, 1.165) is 6.07 Å².